The van der Waals surface area contributed by atoms with Gasteiger partial charge in [-0.25, -0.2) is 9.97 Å². The molecular formula is C32H16N8NiO4. The standard InChI is InChI=1S/C32H16N8O4.Ni/c41-13-1-5-17-21(9-13)29-33-25(17)37-30-22-10-14(42)2-6-18(22)27(34-30)39-32-24-12-16(44)4-8-20(24)28(36-32)40-31-23-11-15(43)3-7-19(23)26(35-31)38-29;/h1-12H,(H4-2,33,34,35,36,37,38,39,40,41,42,43,44);/q-2;+2. The normalized spacial score (nSPS) is 11.7. The van der Waals surface area contributed by atoms with E-state index >= 15 is 0 Å². The van der Waals surface area contributed by atoms with Crippen LogP contribution in [0.15, 0.2) is 72.8 Å². The molecule has 5 heterocycles. The molecule has 12 nitrogen and oxygen atoms in total. The summed E-state index contributed by atoms with van der Waals surface area (Å²) in [7, 11) is 0. The fourth-order valence-corrected chi connectivity index (χ4v) is 5.62. The summed E-state index contributed by atoms with van der Waals surface area (Å²) in [5.74, 6) is 1.22. The van der Waals surface area contributed by atoms with E-state index in [0.29, 0.717) is 66.7 Å². The fourth-order valence-electron chi connectivity index (χ4n) is 5.62. The van der Waals surface area contributed by atoms with Gasteiger partial charge in [0.15, 0.2) is 0 Å². The Labute approximate surface area is 261 Å². The van der Waals surface area contributed by atoms with Gasteiger partial charge in [-0.3, -0.25) is 0 Å². The van der Waals surface area contributed by atoms with Crippen molar-refractivity contribution in [3.05, 3.63) is 72.8 Å². The average Bonchev–Trinajstić information content (AvgIpc) is 3.71. The Kier molecular flexibility index (Phi) is 5.59. The topological polar surface area (TPSA) is 186 Å². The maximum absolute atomic E-state index is 10.3. The minimum atomic E-state index is 0. The molecule has 0 saturated carbocycles. The van der Waals surface area contributed by atoms with Crippen LogP contribution in [0.5, 0.6) is 23.0 Å². The van der Waals surface area contributed by atoms with Gasteiger partial charge in [-0.05, 0) is 94.3 Å². The van der Waals surface area contributed by atoms with Gasteiger partial charge in [-0.2, -0.15) is 0 Å². The van der Waals surface area contributed by atoms with Gasteiger partial charge >= 0.3 is 16.5 Å². The molecule has 0 aliphatic carbocycles. The summed E-state index contributed by atoms with van der Waals surface area (Å²) < 4.78 is 0. The number of benzene rings is 4. The average molecular weight is 635 g/mol. The van der Waals surface area contributed by atoms with Crippen molar-refractivity contribution in [2.75, 3.05) is 0 Å². The predicted octanol–water partition coefficient (Wildman–Crippen LogP) is 4.95. The van der Waals surface area contributed by atoms with Gasteiger partial charge in [-0.1, -0.05) is 0 Å². The minimum Gasteiger partial charge on any atom is -0.508 e. The Hall–Kier alpha value is -6.07. The number of rotatable bonds is 0. The van der Waals surface area contributed by atoms with Crippen LogP contribution >= 0.6 is 0 Å². The number of nitrogens with zero attached hydrogens (tertiary/aromatic N) is 8. The van der Waals surface area contributed by atoms with Crippen LogP contribution in [-0.4, -0.2) is 50.3 Å². The first-order chi connectivity index (χ1) is 21.4. The number of aromatic nitrogens is 8. The first-order valence-corrected chi connectivity index (χ1v) is 13.4. The van der Waals surface area contributed by atoms with Crippen molar-refractivity contribution in [1.82, 2.24) is 39.9 Å². The second-order valence-corrected chi connectivity index (χ2v) is 10.4. The Morgan fingerprint density at radius 2 is 0.689 bits per heavy atom. The van der Waals surface area contributed by atoms with Crippen molar-refractivity contribution < 1.29 is 36.9 Å². The Balaban J connectivity index is 0.00000300. The summed E-state index contributed by atoms with van der Waals surface area (Å²) in [6.45, 7) is 0. The number of hydrogen-bond acceptors (Lipinski definition) is 10. The van der Waals surface area contributed by atoms with Crippen LogP contribution in [0.4, 0.5) is 0 Å². The summed E-state index contributed by atoms with van der Waals surface area (Å²) in [5.41, 5.74) is 3.42. The van der Waals surface area contributed by atoms with Crippen molar-refractivity contribution >= 4 is 44.1 Å². The molecule has 0 spiro atoms. The number of phenolic OH excluding ortho intramolecular Hbond substituents is 4. The summed E-state index contributed by atoms with van der Waals surface area (Å²) in [4.78, 5) is 38.0. The maximum atomic E-state index is 10.3. The number of fused-ring (bicyclic) bond motifs is 20. The molecule has 8 bridgehead atoms. The molecular weight excluding hydrogens is 619 g/mol. The van der Waals surface area contributed by atoms with E-state index in [2.05, 4.69) is 0 Å². The quantitative estimate of drug-likeness (QED) is 0.165. The molecule has 0 atom stereocenters. The molecule has 2 aliphatic rings. The monoisotopic (exact) mass is 634 g/mol. The van der Waals surface area contributed by atoms with Crippen LogP contribution in [0.1, 0.15) is 0 Å². The molecule has 13 heteroatoms. The smallest absolute Gasteiger partial charge is 0.508 e. The molecule has 0 fully saturated rings. The number of phenols is 4. The van der Waals surface area contributed by atoms with E-state index < -0.39 is 0 Å². The molecule has 3 aromatic heterocycles. The van der Waals surface area contributed by atoms with Gasteiger partial charge in [0, 0.05) is 44.8 Å². The van der Waals surface area contributed by atoms with Gasteiger partial charge in [0.05, 0.1) is 23.3 Å². The van der Waals surface area contributed by atoms with Crippen LogP contribution in [0.2, 0.25) is 0 Å². The third kappa shape index (κ3) is 4.05. The zero-order valence-corrected chi connectivity index (χ0v) is 23.6. The van der Waals surface area contributed by atoms with Crippen molar-refractivity contribution in [3.8, 4) is 68.5 Å². The molecule has 2 aliphatic heterocycles. The van der Waals surface area contributed by atoms with E-state index in [1.54, 1.807) is 48.5 Å². The van der Waals surface area contributed by atoms with Crippen LogP contribution in [0.3, 0.4) is 0 Å². The Morgan fingerprint density at radius 1 is 0.356 bits per heavy atom. The third-order valence-electron chi connectivity index (χ3n) is 7.63. The Morgan fingerprint density at radius 3 is 1.11 bits per heavy atom. The molecule has 4 aromatic carbocycles. The zero-order valence-electron chi connectivity index (χ0n) is 22.6. The van der Waals surface area contributed by atoms with Crippen LogP contribution in [-0.2, 0) is 16.5 Å². The van der Waals surface area contributed by atoms with Crippen molar-refractivity contribution in [1.29, 1.82) is 0 Å². The van der Waals surface area contributed by atoms with Gasteiger partial charge in [0.1, 0.15) is 23.0 Å². The van der Waals surface area contributed by atoms with E-state index in [0.717, 1.165) is 0 Å². The predicted molar refractivity (Wildman–Crippen MR) is 161 cm³/mol. The second-order valence-electron chi connectivity index (χ2n) is 10.4. The van der Waals surface area contributed by atoms with Gasteiger partial charge in [-0.15, -0.1) is 0 Å². The summed E-state index contributed by atoms with van der Waals surface area (Å²) >= 11 is 0. The molecule has 7 aromatic rings. The van der Waals surface area contributed by atoms with E-state index in [1.165, 1.54) is 24.3 Å². The van der Waals surface area contributed by atoms with Crippen molar-refractivity contribution in [2.24, 2.45) is 0 Å². The van der Waals surface area contributed by atoms with Gasteiger partial charge < -0.3 is 50.3 Å². The Bertz CT molecular complexity index is 2400. The third-order valence-corrected chi connectivity index (χ3v) is 7.63. The molecule has 0 radical (unpaired) electrons. The summed E-state index contributed by atoms with van der Waals surface area (Å²) in [6, 6.07) is 19.1. The zero-order chi connectivity index (χ0) is 29.7. The van der Waals surface area contributed by atoms with Crippen LogP contribution in [0.25, 0.3) is 89.7 Å². The fraction of sp³-hybridized carbons (Fsp3) is 0. The first-order valence-electron chi connectivity index (χ1n) is 13.4. The SMILES string of the molecule is Oc1ccc2c(c1)-c1nc-2nc2[n-]c(nc3nc(nc4[n-]c(n1)c1ccc(O)cc41)-c1ccc(O)cc1-3)c1ccc(O)cc21.[Ni+2]. The van der Waals surface area contributed by atoms with Crippen molar-refractivity contribution in [3.63, 3.8) is 0 Å². The maximum Gasteiger partial charge on any atom is 2.00 e. The van der Waals surface area contributed by atoms with E-state index in [9.17, 15) is 20.4 Å². The molecule has 0 unspecified atom stereocenters. The molecule has 45 heavy (non-hydrogen) atoms. The largest absolute Gasteiger partial charge is 2.00 e. The minimum absolute atomic E-state index is 0. The first kappa shape index (κ1) is 26.6. The van der Waals surface area contributed by atoms with Gasteiger partial charge in [0.25, 0.3) is 0 Å². The molecule has 4 N–H and O–H groups in total. The molecule has 0 saturated heterocycles. The van der Waals surface area contributed by atoms with E-state index in [4.69, 9.17) is 39.9 Å². The molecule has 218 valence electrons. The molecule has 9 rings (SSSR count). The van der Waals surface area contributed by atoms with E-state index in [1.807, 2.05) is 0 Å². The number of hydrogen-bond donors (Lipinski definition) is 4. The molecule has 0 amide bonds. The van der Waals surface area contributed by atoms with Crippen LogP contribution < -0.4 is 9.97 Å². The van der Waals surface area contributed by atoms with Crippen molar-refractivity contribution in [2.45, 2.75) is 0 Å². The number of aromatic hydroxyl groups is 4. The summed E-state index contributed by atoms with van der Waals surface area (Å²) in [5, 5.41) is 43.6. The second kappa shape index (κ2) is 9.47. The summed E-state index contributed by atoms with van der Waals surface area (Å²) in [6.07, 6.45) is 0. The van der Waals surface area contributed by atoms with Gasteiger partial charge in [0.2, 0.25) is 0 Å². The van der Waals surface area contributed by atoms with Crippen LogP contribution in [0, 0.1) is 0 Å². The van der Waals surface area contributed by atoms with E-state index in [-0.39, 0.29) is 62.4 Å².